The molecule has 5 aliphatic heterocycles. The van der Waals surface area contributed by atoms with Gasteiger partial charge in [0.2, 0.25) is 23.6 Å². The number of piperidine rings is 3. The maximum atomic E-state index is 13.4. The number of nitrogens with zero attached hydrogens (tertiary/aromatic N) is 7. The van der Waals surface area contributed by atoms with Crippen LogP contribution in [0.2, 0.25) is 0 Å². The van der Waals surface area contributed by atoms with Crippen molar-refractivity contribution in [1.82, 2.24) is 40.2 Å². The summed E-state index contributed by atoms with van der Waals surface area (Å²) in [7, 11) is 0. The highest BCUT2D eigenvalue weighted by atomic mass is 16.5. The molecule has 1 aromatic carbocycles. The van der Waals surface area contributed by atoms with Gasteiger partial charge in [-0.1, -0.05) is 25.0 Å². The van der Waals surface area contributed by atoms with Gasteiger partial charge in [-0.2, -0.15) is 0 Å². The molecular formula is C50H63N9O7. The number of carbonyl (C=O) groups excluding carboxylic acids is 6. The lowest BCUT2D eigenvalue weighted by Crippen LogP contribution is -2.54. The summed E-state index contributed by atoms with van der Waals surface area (Å²) in [6.45, 7) is 7.83. The summed E-state index contributed by atoms with van der Waals surface area (Å²) in [6.07, 6.45) is 18.0. The van der Waals surface area contributed by atoms with Gasteiger partial charge in [-0.05, 0) is 99.3 Å². The number of pyridine rings is 2. The predicted octanol–water partition coefficient (Wildman–Crippen LogP) is 4.45. The average Bonchev–Trinajstić information content (AvgIpc) is 3.69. The van der Waals surface area contributed by atoms with Crippen molar-refractivity contribution in [3.05, 3.63) is 89.4 Å². The molecule has 4 fully saturated rings. The Balaban J connectivity index is 0.671. The van der Waals surface area contributed by atoms with Crippen molar-refractivity contribution < 1.29 is 33.5 Å². The maximum absolute atomic E-state index is 13.4. The summed E-state index contributed by atoms with van der Waals surface area (Å²) in [5.74, 6) is 1.27. The molecule has 0 bridgehead atoms. The van der Waals surface area contributed by atoms with Gasteiger partial charge in [0.15, 0.2) is 0 Å². The van der Waals surface area contributed by atoms with Crippen LogP contribution in [-0.2, 0) is 25.7 Å². The van der Waals surface area contributed by atoms with E-state index in [-0.39, 0.29) is 42.5 Å². The number of imide groups is 1. The van der Waals surface area contributed by atoms with Crippen LogP contribution in [0, 0.1) is 5.92 Å². The number of hydrogen-bond donors (Lipinski definition) is 2. The van der Waals surface area contributed by atoms with Gasteiger partial charge in [-0.25, -0.2) is 4.98 Å². The number of amides is 6. The molecule has 8 rings (SSSR count). The van der Waals surface area contributed by atoms with Crippen molar-refractivity contribution in [1.29, 1.82) is 0 Å². The normalized spacial score (nSPS) is 19.9. The van der Waals surface area contributed by atoms with Crippen molar-refractivity contribution in [2.24, 2.45) is 5.92 Å². The van der Waals surface area contributed by atoms with Crippen molar-refractivity contribution in [3.8, 4) is 5.75 Å². The largest absolute Gasteiger partial charge is 0.493 e. The average molecular weight is 902 g/mol. The number of unbranched alkanes of at least 4 members (excludes halogenated alkanes) is 2. The fourth-order valence-electron chi connectivity index (χ4n) is 9.99. The molecule has 2 N–H and O–H groups in total. The monoisotopic (exact) mass is 901 g/mol. The molecule has 7 heterocycles. The van der Waals surface area contributed by atoms with Crippen molar-refractivity contribution in [2.75, 3.05) is 70.4 Å². The zero-order chi connectivity index (χ0) is 45.8. The van der Waals surface area contributed by atoms with Crippen LogP contribution in [0.4, 0.5) is 5.82 Å². The summed E-state index contributed by atoms with van der Waals surface area (Å²) in [5.41, 5.74) is 2.81. The Morgan fingerprint density at radius 3 is 2.38 bits per heavy atom. The van der Waals surface area contributed by atoms with Crippen LogP contribution in [0.15, 0.2) is 67.1 Å². The third kappa shape index (κ3) is 11.8. The molecule has 1 unspecified atom stereocenters. The lowest BCUT2D eigenvalue weighted by atomic mass is 9.91. The Kier molecular flexibility index (Phi) is 15.7. The van der Waals surface area contributed by atoms with Gasteiger partial charge in [0, 0.05) is 114 Å². The Labute approximate surface area is 387 Å². The highest BCUT2D eigenvalue weighted by Crippen LogP contribution is 2.34. The van der Waals surface area contributed by atoms with Gasteiger partial charge < -0.3 is 29.7 Å². The first kappa shape index (κ1) is 46.4. The van der Waals surface area contributed by atoms with E-state index in [1.54, 1.807) is 42.9 Å². The number of anilines is 1. The van der Waals surface area contributed by atoms with Gasteiger partial charge in [0.1, 0.15) is 17.6 Å². The lowest BCUT2D eigenvalue weighted by Gasteiger charge is -2.43. The van der Waals surface area contributed by atoms with E-state index >= 15 is 0 Å². The van der Waals surface area contributed by atoms with E-state index in [9.17, 15) is 28.8 Å². The van der Waals surface area contributed by atoms with E-state index in [1.807, 2.05) is 40.1 Å². The molecule has 66 heavy (non-hydrogen) atoms. The standard InChI is InChI=1S/C50H63N9O7/c60-45(16-12-37-8-6-22-51-33-37)52-23-3-1-7-36-18-24-58(25-19-36)49(64)38-13-15-44(53-34-38)56-26-20-39(21-27-56)55-28-30-57(31-29-55)47(62)11-2-4-32-66-43-10-5-9-40-41(43)35-59(50(40)65)42-14-17-46(61)54-48(42)63/h5-6,8-10,12-13,15-16,22,33-34,36,39,42H,1-4,7,11,14,17-21,23-32,35H2,(H,52,60)(H,54,61,63)/b16-12+. The lowest BCUT2D eigenvalue weighted by molar-refractivity contribution is -0.137. The topological polar surface area (TPSA) is 178 Å². The number of nitrogens with one attached hydrogen (secondary N) is 2. The van der Waals surface area contributed by atoms with Crippen LogP contribution in [0.1, 0.15) is 109 Å². The molecule has 0 aliphatic carbocycles. The molecule has 0 radical (unpaired) electrons. The van der Waals surface area contributed by atoms with Gasteiger partial charge >= 0.3 is 0 Å². The number of carbonyl (C=O) groups is 6. The van der Waals surface area contributed by atoms with E-state index in [2.05, 4.69) is 25.4 Å². The van der Waals surface area contributed by atoms with Gasteiger partial charge in [-0.3, -0.25) is 44.0 Å². The number of ether oxygens (including phenoxy) is 1. The summed E-state index contributed by atoms with van der Waals surface area (Å²) < 4.78 is 6.09. The summed E-state index contributed by atoms with van der Waals surface area (Å²) in [6, 6.07) is 12.8. The Morgan fingerprint density at radius 1 is 0.818 bits per heavy atom. The minimum absolute atomic E-state index is 0.0493. The first-order valence-electron chi connectivity index (χ1n) is 24.0. The van der Waals surface area contributed by atoms with E-state index in [0.29, 0.717) is 67.7 Å². The number of fused-ring (bicyclic) bond motifs is 1. The molecule has 16 nitrogen and oxygen atoms in total. The maximum Gasteiger partial charge on any atom is 0.255 e. The zero-order valence-electron chi connectivity index (χ0n) is 37.9. The van der Waals surface area contributed by atoms with E-state index < -0.39 is 11.9 Å². The quantitative estimate of drug-likeness (QED) is 0.111. The predicted molar refractivity (Wildman–Crippen MR) is 248 cm³/mol. The zero-order valence-corrected chi connectivity index (χ0v) is 37.9. The van der Waals surface area contributed by atoms with E-state index in [4.69, 9.17) is 9.72 Å². The minimum atomic E-state index is -0.671. The van der Waals surface area contributed by atoms with Crippen molar-refractivity contribution in [2.45, 2.75) is 95.7 Å². The molecule has 4 saturated heterocycles. The molecule has 3 aromatic rings. The Bertz CT molecular complexity index is 2210. The Morgan fingerprint density at radius 2 is 1.64 bits per heavy atom. The van der Waals surface area contributed by atoms with Gasteiger partial charge in [0.05, 0.1) is 18.7 Å². The fourth-order valence-corrected chi connectivity index (χ4v) is 9.99. The summed E-state index contributed by atoms with van der Waals surface area (Å²) in [5, 5.41) is 5.30. The molecule has 0 saturated carbocycles. The van der Waals surface area contributed by atoms with Crippen LogP contribution in [0.3, 0.4) is 0 Å². The molecule has 1 atom stereocenters. The molecule has 16 heteroatoms. The highest BCUT2D eigenvalue weighted by molar-refractivity contribution is 6.05. The van der Waals surface area contributed by atoms with Crippen LogP contribution in [0.25, 0.3) is 6.08 Å². The van der Waals surface area contributed by atoms with Crippen LogP contribution < -0.4 is 20.3 Å². The second-order valence-corrected chi connectivity index (χ2v) is 18.2. The summed E-state index contributed by atoms with van der Waals surface area (Å²) >= 11 is 0. The number of piperazine rings is 1. The second-order valence-electron chi connectivity index (χ2n) is 18.2. The third-order valence-corrected chi connectivity index (χ3v) is 13.9. The number of rotatable bonds is 17. The van der Waals surface area contributed by atoms with Crippen molar-refractivity contribution in [3.63, 3.8) is 0 Å². The molecule has 350 valence electrons. The first-order chi connectivity index (χ1) is 32.2. The van der Waals surface area contributed by atoms with Gasteiger partial charge in [-0.15, -0.1) is 0 Å². The second kappa shape index (κ2) is 22.4. The summed E-state index contributed by atoms with van der Waals surface area (Å²) in [4.78, 5) is 94.9. The highest BCUT2D eigenvalue weighted by Gasteiger charge is 2.40. The number of aromatic nitrogens is 2. The molecule has 6 amide bonds. The smallest absolute Gasteiger partial charge is 0.255 e. The van der Waals surface area contributed by atoms with Gasteiger partial charge in [0.25, 0.3) is 11.8 Å². The Hall–Kier alpha value is -6.16. The number of benzene rings is 1. The fraction of sp³-hybridized carbons (Fsp3) is 0.520. The third-order valence-electron chi connectivity index (χ3n) is 13.9. The van der Waals surface area contributed by atoms with Crippen LogP contribution >= 0.6 is 0 Å². The van der Waals surface area contributed by atoms with Crippen molar-refractivity contribution >= 4 is 47.3 Å². The molecule has 2 aromatic heterocycles. The minimum Gasteiger partial charge on any atom is -0.493 e. The first-order valence-corrected chi connectivity index (χ1v) is 24.0. The number of hydrogen-bond acceptors (Lipinski definition) is 11. The van der Waals surface area contributed by atoms with Crippen LogP contribution in [0.5, 0.6) is 5.75 Å². The number of likely N-dealkylation sites (tertiary alicyclic amines) is 1. The SMILES string of the molecule is O=C(/C=C/c1cccnc1)NCCCCC1CCN(C(=O)c2ccc(N3CCC(N4CCN(C(=O)CCCCOc5cccc6c5CN(C5CCC(=O)NC5=O)C6=O)CC4)CC3)nc2)CC1. The molecular weight excluding hydrogens is 839 g/mol. The molecule has 5 aliphatic rings. The molecule has 0 spiro atoms. The van der Waals surface area contributed by atoms with E-state index in [0.717, 1.165) is 114 Å². The van der Waals surface area contributed by atoms with Crippen LogP contribution in [-0.4, -0.2) is 143 Å². The van der Waals surface area contributed by atoms with E-state index in [1.165, 1.54) is 4.90 Å².